The van der Waals surface area contributed by atoms with Crippen LogP contribution < -0.4 is 5.32 Å². The summed E-state index contributed by atoms with van der Waals surface area (Å²) in [5, 5.41) is 10.0. The van der Waals surface area contributed by atoms with E-state index in [1.807, 2.05) is 68.4 Å². The second-order valence-electron chi connectivity index (χ2n) is 5.63. The third-order valence-electron chi connectivity index (χ3n) is 3.84. The molecular weight excluding hydrogens is 286 g/mol. The monoisotopic (exact) mass is 305 g/mol. The first kappa shape index (κ1) is 15.0. The molecule has 0 aliphatic carbocycles. The first-order valence-corrected chi connectivity index (χ1v) is 7.61. The second kappa shape index (κ2) is 6.48. The Morgan fingerprint density at radius 1 is 1.13 bits per heavy atom. The van der Waals surface area contributed by atoms with Crippen LogP contribution in [0.3, 0.4) is 0 Å². The molecule has 0 bridgehead atoms. The molecule has 0 aliphatic rings. The van der Waals surface area contributed by atoms with Crippen LogP contribution in [0.2, 0.25) is 0 Å². The lowest BCUT2D eigenvalue weighted by molar-refractivity contribution is 0.0940. The van der Waals surface area contributed by atoms with Crippen molar-refractivity contribution in [1.29, 1.82) is 0 Å². The molecule has 1 aromatic heterocycles. The average molecular weight is 305 g/mol. The lowest BCUT2D eigenvalue weighted by Gasteiger charge is -2.14. The first-order valence-electron chi connectivity index (χ1n) is 7.61. The summed E-state index contributed by atoms with van der Waals surface area (Å²) in [5.41, 5.74) is 4.47. The van der Waals surface area contributed by atoms with Crippen molar-refractivity contribution < 1.29 is 4.79 Å². The fourth-order valence-corrected chi connectivity index (χ4v) is 2.58. The second-order valence-corrected chi connectivity index (χ2v) is 5.63. The van der Waals surface area contributed by atoms with Crippen LogP contribution in [0.15, 0.2) is 60.8 Å². The fraction of sp³-hybridized carbons (Fsp3) is 0.158. The average Bonchev–Trinajstić information content (AvgIpc) is 3.05. The molecular formula is C19H19N3O. The highest BCUT2D eigenvalue weighted by molar-refractivity contribution is 5.99. The Labute approximate surface area is 135 Å². The van der Waals surface area contributed by atoms with Gasteiger partial charge in [-0.2, -0.15) is 5.10 Å². The summed E-state index contributed by atoms with van der Waals surface area (Å²) in [7, 11) is 0. The minimum atomic E-state index is -0.133. The van der Waals surface area contributed by atoms with Crippen LogP contribution in [0, 0.1) is 6.92 Å². The number of hydrogen-bond acceptors (Lipinski definition) is 2. The summed E-state index contributed by atoms with van der Waals surface area (Å²) in [4.78, 5) is 12.6. The van der Waals surface area contributed by atoms with Crippen molar-refractivity contribution in [2.75, 3.05) is 0 Å². The Hall–Kier alpha value is -2.88. The van der Waals surface area contributed by atoms with Crippen LogP contribution >= 0.6 is 0 Å². The predicted molar refractivity (Wildman–Crippen MR) is 91.1 cm³/mol. The van der Waals surface area contributed by atoms with E-state index in [1.54, 1.807) is 6.20 Å². The summed E-state index contributed by atoms with van der Waals surface area (Å²) < 4.78 is 0. The number of carbonyl (C=O) groups is 1. The molecule has 1 atom stereocenters. The number of aromatic nitrogens is 2. The zero-order chi connectivity index (χ0) is 16.2. The van der Waals surface area contributed by atoms with Crippen molar-refractivity contribution in [1.82, 2.24) is 15.5 Å². The van der Waals surface area contributed by atoms with Gasteiger partial charge in [0, 0.05) is 5.56 Å². The first-order chi connectivity index (χ1) is 11.1. The molecule has 0 spiro atoms. The zero-order valence-corrected chi connectivity index (χ0v) is 13.2. The number of benzene rings is 2. The lowest BCUT2D eigenvalue weighted by Crippen LogP contribution is -2.26. The third kappa shape index (κ3) is 3.31. The van der Waals surface area contributed by atoms with Crippen molar-refractivity contribution in [3.8, 4) is 11.3 Å². The largest absolute Gasteiger partial charge is 0.345 e. The SMILES string of the molecule is Cc1cccc(-c2[nH]ncc2C(=O)NC(C)c2ccccc2)c1. The van der Waals surface area contributed by atoms with E-state index >= 15 is 0 Å². The van der Waals surface area contributed by atoms with Gasteiger partial charge in [0.2, 0.25) is 0 Å². The van der Waals surface area contributed by atoms with E-state index in [9.17, 15) is 4.79 Å². The number of carbonyl (C=O) groups excluding carboxylic acids is 1. The number of nitrogens with one attached hydrogen (secondary N) is 2. The van der Waals surface area contributed by atoms with E-state index in [1.165, 1.54) is 0 Å². The predicted octanol–water partition coefficient (Wildman–Crippen LogP) is 3.88. The van der Waals surface area contributed by atoms with Crippen LogP contribution in [0.5, 0.6) is 0 Å². The van der Waals surface area contributed by atoms with E-state index < -0.39 is 0 Å². The maximum absolute atomic E-state index is 12.6. The van der Waals surface area contributed by atoms with Crippen LogP contribution in [0.25, 0.3) is 11.3 Å². The molecule has 2 N–H and O–H groups in total. The summed E-state index contributed by atoms with van der Waals surface area (Å²) in [5.74, 6) is -0.133. The van der Waals surface area contributed by atoms with Gasteiger partial charge in [-0.15, -0.1) is 0 Å². The molecule has 0 aliphatic heterocycles. The van der Waals surface area contributed by atoms with Gasteiger partial charge < -0.3 is 5.32 Å². The number of H-pyrrole nitrogens is 1. The van der Waals surface area contributed by atoms with Crippen molar-refractivity contribution in [3.63, 3.8) is 0 Å². The molecule has 3 rings (SSSR count). The Morgan fingerprint density at radius 2 is 1.91 bits per heavy atom. The van der Waals surface area contributed by atoms with Gasteiger partial charge in [0.25, 0.3) is 5.91 Å². The van der Waals surface area contributed by atoms with Crippen LogP contribution in [-0.4, -0.2) is 16.1 Å². The molecule has 116 valence electrons. The van der Waals surface area contributed by atoms with E-state index in [2.05, 4.69) is 15.5 Å². The van der Waals surface area contributed by atoms with E-state index in [-0.39, 0.29) is 11.9 Å². The number of aromatic amines is 1. The number of hydrogen-bond donors (Lipinski definition) is 2. The van der Waals surface area contributed by atoms with E-state index in [0.717, 1.165) is 22.4 Å². The highest BCUT2D eigenvalue weighted by atomic mass is 16.1. The van der Waals surface area contributed by atoms with Gasteiger partial charge in [-0.25, -0.2) is 0 Å². The molecule has 1 unspecified atom stereocenters. The van der Waals surface area contributed by atoms with E-state index in [0.29, 0.717) is 5.56 Å². The molecule has 0 saturated heterocycles. The highest BCUT2D eigenvalue weighted by Crippen LogP contribution is 2.22. The molecule has 1 heterocycles. The van der Waals surface area contributed by atoms with Gasteiger partial charge in [-0.1, -0.05) is 54.1 Å². The molecule has 0 saturated carbocycles. The van der Waals surface area contributed by atoms with Gasteiger partial charge in [-0.3, -0.25) is 9.89 Å². The molecule has 4 nitrogen and oxygen atoms in total. The topological polar surface area (TPSA) is 57.8 Å². The van der Waals surface area contributed by atoms with Crippen LogP contribution in [-0.2, 0) is 0 Å². The molecule has 2 aromatic carbocycles. The number of amides is 1. The summed E-state index contributed by atoms with van der Waals surface area (Å²) in [6, 6.07) is 17.8. The van der Waals surface area contributed by atoms with Gasteiger partial charge in [0.15, 0.2) is 0 Å². The molecule has 3 aromatic rings. The van der Waals surface area contributed by atoms with Crippen molar-refractivity contribution in [2.45, 2.75) is 19.9 Å². The Bertz CT molecular complexity index is 808. The Balaban J connectivity index is 1.83. The molecule has 1 amide bonds. The summed E-state index contributed by atoms with van der Waals surface area (Å²) >= 11 is 0. The molecule has 4 heteroatoms. The normalized spacial score (nSPS) is 11.9. The smallest absolute Gasteiger partial charge is 0.255 e. The molecule has 23 heavy (non-hydrogen) atoms. The summed E-state index contributed by atoms with van der Waals surface area (Å²) in [6.07, 6.45) is 1.57. The third-order valence-corrected chi connectivity index (χ3v) is 3.84. The lowest BCUT2D eigenvalue weighted by atomic mass is 10.0. The number of nitrogens with zero attached hydrogens (tertiary/aromatic N) is 1. The van der Waals surface area contributed by atoms with Crippen molar-refractivity contribution in [2.24, 2.45) is 0 Å². The van der Waals surface area contributed by atoms with Crippen molar-refractivity contribution >= 4 is 5.91 Å². The standard InChI is InChI=1S/C19H19N3O/c1-13-7-6-10-16(11-13)18-17(12-20-22-18)19(23)21-14(2)15-8-4-3-5-9-15/h3-12,14H,1-2H3,(H,20,22)(H,21,23). The van der Waals surface area contributed by atoms with Gasteiger partial charge in [0.1, 0.15) is 0 Å². The minimum Gasteiger partial charge on any atom is -0.345 e. The van der Waals surface area contributed by atoms with Crippen molar-refractivity contribution in [3.05, 3.63) is 77.5 Å². The van der Waals surface area contributed by atoms with Gasteiger partial charge in [-0.05, 0) is 25.5 Å². The van der Waals surface area contributed by atoms with Gasteiger partial charge >= 0.3 is 0 Å². The number of aryl methyl sites for hydroxylation is 1. The maximum atomic E-state index is 12.6. The van der Waals surface area contributed by atoms with Crippen LogP contribution in [0.1, 0.15) is 34.5 Å². The van der Waals surface area contributed by atoms with E-state index in [4.69, 9.17) is 0 Å². The summed E-state index contributed by atoms with van der Waals surface area (Å²) in [6.45, 7) is 4.00. The minimum absolute atomic E-state index is 0.0658. The van der Waals surface area contributed by atoms with Crippen LogP contribution in [0.4, 0.5) is 0 Å². The molecule has 0 radical (unpaired) electrons. The molecule has 0 fully saturated rings. The Kier molecular flexibility index (Phi) is 4.24. The maximum Gasteiger partial charge on any atom is 0.255 e. The Morgan fingerprint density at radius 3 is 2.65 bits per heavy atom. The number of rotatable bonds is 4. The quantitative estimate of drug-likeness (QED) is 0.768. The highest BCUT2D eigenvalue weighted by Gasteiger charge is 2.17. The fourth-order valence-electron chi connectivity index (χ4n) is 2.58. The van der Waals surface area contributed by atoms with Gasteiger partial charge in [0.05, 0.1) is 23.5 Å². The zero-order valence-electron chi connectivity index (χ0n) is 13.2.